The highest BCUT2D eigenvalue weighted by molar-refractivity contribution is 6.04. The van der Waals surface area contributed by atoms with Gasteiger partial charge in [-0.15, -0.1) is 0 Å². The summed E-state index contributed by atoms with van der Waals surface area (Å²) in [5.41, 5.74) is 1.90. The second-order valence-corrected chi connectivity index (χ2v) is 3.97. The zero-order chi connectivity index (χ0) is 14.0. The molecule has 0 saturated heterocycles. The molecule has 1 heterocycles. The summed E-state index contributed by atoms with van der Waals surface area (Å²) in [4.78, 5) is 22.6. The van der Waals surface area contributed by atoms with Gasteiger partial charge in [0.2, 0.25) is 5.91 Å². The SMILES string of the molecule is CC(=O)N/N=C(\C)c1c(O)c2ccccc2oc1=O. The molecule has 1 aromatic carbocycles. The van der Waals surface area contributed by atoms with Crippen molar-refractivity contribution in [3.63, 3.8) is 0 Å². The topological polar surface area (TPSA) is 91.9 Å². The molecule has 2 N–H and O–H groups in total. The number of hydrogen-bond donors (Lipinski definition) is 2. The van der Waals surface area contributed by atoms with E-state index in [1.54, 1.807) is 24.3 Å². The molecule has 0 bridgehead atoms. The number of fused-ring (bicyclic) bond motifs is 1. The standard InChI is InChI=1S/C13H12N2O4/c1-7(14-15-8(2)16)11-12(17)9-5-3-4-6-10(9)19-13(11)18/h3-6,17H,1-2H3,(H,15,16)/b14-7+. The highest BCUT2D eigenvalue weighted by Crippen LogP contribution is 2.26. The van der Waals surface area contributed by atoms with Crippen molar-refractivity contribution < 1.29 is 14.3 Å². The van der Waals surface area contributed by atoms with Crippen molar-refractivity contribution in [2.45, 2.75) is 13.8 Å². The number of para-hydroxylation sites is 1. The molecule has 0 radical (unpaired) electrons. The van der Waals surface area contributed by atoms with Crippen molar-refractivity contribution in [3.8, 4) is 5.75 Å². The Labute approximate surface area is 108 Å². The minimum absolute atomic E-state index is 0.0625. The Balaban J connectivity index is 2.64. The molecule has 2 aromatic rings. The van der Waals surface area contributed by atoms with E-state index in [1.807, 2.05) is 0 Å². The van der Waals surface area contributed by atoms with Gasteiger partial charge in [-0.3, -0.25) is 4.79 Å². The maximum absolute atomic E-state index is 11.8. The number of aromatic hydroxyl groups is 1. The van der Waals surface area contributed by atoms with Gasteiger partial charge in [-0.1, -0.05) is 12.1 Å². The Hall–Kier alpha value is -2.63. The number of carbonyl (C=O) groups is 1. The first-order valence-corrected chi connectivity index (χ1v) is 5.56. The Kier molecular flexibility index (Phi) is 3.33. The fraction of sp³-hybridized carbons (Fsp3) is 0.154. The van der Waals surface area contributed by atoms with Gasteiger partial charge in [-0.05, 0) is 19.1 Å². The Morgan fingerprint density at radius 1 is 1.32 bits per heavy atom. The van der Waals surface area contributed by atoms with Crippen LogP contribution in [-0.2, 0) is 4.79 Å². The largest absolute Gasteiger partial charge is 0.506 e. The molecule has 0 aliphatic rings. The summed E-state index contributed by atoms with van der Waals surface area (Å²) in [5.74, 6) is -0.581. The summed E-state index contributed by atoms with van der Waals surface area (Å²) in [6.07, 6.45) is 0. The van der Waals surface area contributed by atoms with E-state index in [0.717, 1.165) is 0 Å². The zero-order valence-corrected chi connectivity index (χ0v) is 10.4. The molecule has 0 atom stereocenters. The van der Waals surface area contributed by atoms with Crippen LogP contribution in [0, 0.1) is 0 Å². The van der Waals surface area contributed by atoms with E-state index in [0.29, 0.717) is 11.0 Å². The van der Waals surface area contributed by atoms with Gasteiger partial charge in [0.25, 0.3) is 0 Å². The van der Waals surface area contributed by atoms with Crippen molar-refractivity contribution in [1.29, 1.82) is 0 Å². The van der Waals surface area contributed by atoms with E-state index in [4.69, 9.17) is 4.42 Å². The Bertz CT molecular complexity index is 731. The summed E-state index contributed by atoms with van der Waals surface area (Å²) in [6.45, 7) is 2.79. The molecular formula is C13H12N2O4. The van der Waals surface area contributed by atoms with Gasteiger partial charge < -0.3 is 9.52 Å². The average Bonchev–Trinajstić information content (AvgIpc) is 2.36. The van der Waals surface area contributed by atoms with E-state index in [9.17, 15) is 14.7 Å². The third-order valence-corrected chi connectivity index (χ3v) is 2.53. The lowest BCUT2D eigenvalue weighted by Gasteiger charge is -2.05. The van der Waals surface area contributed by atoms with Crippen molar-refractivity contribution in [1.82, 2.24) is 5.43 Å². The molecule has 1 amide bonds. The first kappa shape index (κ1) is 12.8. The Morgan fingerprint density at radius 2 is 2.00 bits per heavy atom. The van der Waals surface area contributed by atoms with Crippen LogP contribution >= 0.6 is 0 Å². The third-order valence-electron chi connectivity index (χ3n) is 2.53. The molecule has 6 heteroatoms. The predicted octanol–water partition coefficient (Wildman–Crippen LogP) is 1.36. The van der Waals surface area contributed by atoms with Gasteiger partial charge >= 0.3 is 5.63 Å². The lowest BCUT2D eigenvalue weighted by Crippen LogP contribution is -2.19. The molecule has 0 saturated carbocycles. The van der Waals surface area contributed by atoms with Crippen LogP contribution in [0.15, 0.2) is 38.6 Å². The first-order valence-electron chi connectivity index (χ1n) is 5.56. The molecular weight excluding hydrogens is 248 g/mol. The van der Waals surface area contributed by atoms with Crippen LogP contribution in [0.2, 0.25) is 0 Å². The molecule has 0 fully saturated rings. The number of nitrogens with zero attached hydrogens (tertiary/aromatic N) is 1. The van der Waals surface area contributed by atoms with Crippen molar-refractivity contribution >= 4 is 22.6 Å². The second-order valence-electron chi connectivity index (χ2n) is 3.97. The summed E-state index contributed by atoms with van der Waals surface area (Å²) in [6, 6.07) is 6.62. The number of hydrogen-bond acceptors (Lipinski definition) is 5. The number of amides is 1. The van der Waals surface area contributed by atoms with E-state index < -0.39 is 5.63 Å². The number of rotatable bonds is 2. The maximum atomic E-state index is 11.8. The lowest BCUT2D eigenvalue weighted by molar-refractivity contribution is -0.118. The maximum Gasteiger partial charge on any atom is 0.349 e. The fourth-order valence-corrected chi connectivity index (χ4v) is 1.67. The van der Waals surface area contributed by atoms with Gasteiger partial charge in [-0.2, -0.15) is 5.10 Å². The molecule has 2 rings (SSSR count). The van der Waals surface area contributed by atoms with E-state index >= 15 is 0 Å². The molecule has 0 aliphatic heterocycles. The van der Waals surface area contributed by atoms with Crippen LogP contribution in [0.1, 0.15) is 19.4 Å². The third kappa shape index (κ3) is 2.47. The van der Waals surface area contributed by atoms with Crippen molar-refractivity contribution in [3.05, 3.63) is 40.2 Å². The molecule has 19 heavy (non-hydrogen) atoms. The summed E-state index contributed by atoms with van der Waals surface area (Å²) >= 11 is 0. The minimum atomic E-state index is -0.706. The summed E-state index contributed by atoms with van der Waals surface area (Å²) in [7, 11) is 0. The van der Waals surface area contributed by atoms with Crippen molar-refractivity contribution in [2.75, 3.05) is 0 Å². The molecule has 1 aromatic heterocycles. The predicted molar refractivity (Wildman–Crippen MR) is 70.2 cm³/mol. The number of carbonyl (C=O) groups excluding carboxylic acids is 1. The monoisotopic (exact) mass is 260 g/mol. The Morgan fingerprint density at radius 3 is 2.68 bits per heavy atom. The summed E-state index contributed by atoms with van der Waals surface area (Å²) < 4.78 is 5.09. The number of nitrogens with one attached hydrogen (secondary N) is 1. The van der Waals surface area contributed by atoms with Crippen LogP contribution in [-0.4, -0.2) is 16.7 Å². The lowest BCUT2D eigenvalue weighted by atomic mass is 10.1. The molecule has 0 aliphatic carbocycles. The normalized spacial score (nSPS) is 11.6. The van der Waals surface area contributed by atoms with E-state index in [2.05, 4.69) is 10.5 Å². The van der Waals surface area contributed by atoms with E-state index in [1.165, 1.54) is 13.8 Å². The fourth-order valence-electron chi connectivity index (χ4n) is 1.67. The van der Waals surface area contributed by atoms with Crippen molar-refractivity contribution in [2.24, 2.45) is 5.10 Å². The molecule has 0 unspecified atom stereocenters. The minimum Gasteiger partial charge on any atom is -0.506 e. The van der Waals surface area contributed by atoms with Crippen LogP contribution in [0.5, 0.6) is 5.75 Å². The second kappa shape index (κ2) is 4.93. The van der Waals surface area contributed by atoms with Crippen LogP contribution in [0.25, 0.3) is 11.0 Å². The molecule has 0 spiro atoms. The van der Waals surface area contributed by atoms with Crippen LogP contribution in [0.4, 0.5) is 0 Å². The van der Waals surface area contributed by atoms with Crippen LogP contribution < -0.4 is 11.1 Å². The molecule has 98 valence electrons. The number of benzene rings is 1. The van der Waals surface area contributed by atoms with Gasteiger partial charge in [0.1, 0.15) is 16.9 Å². The smallest absolute Gasteiger partial charge is 0.349 e. The van der Waals surface area contributed by atoms with Gasteiger partial charge in [-0.25, -0.2) is 10.2 Å². The highest BCUT2D eigenvalue weighted by atomic mass is 16.4. The van der Waals surface area contributed by atoms with E-state index in [-0.39, 0.29) is 22.9 Å². The average molecular weight is 260 g/mol. The van der Waals surface area contributed by atoms with Gasteiger partial charge in [0, 0.05) is 6.92 Å². The molecule has 6 nitrogen and oxygen atoms in total. The summed E-state index contributed by atoms with van der Waals surface area (Å²) in [5, 5.41) is 14.2. The van der Waals surface area contributed by atoms with Gasteiger partial charge in [0.15, 0.2) is 0 Å². The zero-order valence-electron chi connectivity index (χ0n) is 10.4. The van der Waals surface area contributed by atoms with Gasteiger partial charge in [0.05, 0.1) is 11.1 Å². The quantitative estimate of drug-likeness (QED) is 0.484. The number of hydrazone groups is 1. The highest BCUT2D eigenvalue weighted by Gasteiger charge is 2.16. The van der Waals surface area contributed by atoms with Crippen LogP contribution in [0.3, 0.4) is 0 Å². The first-order chi connectivity index (χ1) is 9.00.